The summed E-state index contributed by atoms with van der Waals surface area (Å²) in [7, 11) is 0. The van der Waals surface area contributed by atoms with E-state index in [4.69, 9.17) is 0 Å². The first kappa shape index (κ1) is 23.6. The van der Waals surface area contributed by atoms with Gasteiger partial charge in [0.1, 0.15) is 0 Å². The van der Waals surface area contributed by atoms with Gasteiger partial charge in [-0.3, -0.25) is 18.9 Å². The van der Waals surface area contributed by atoms with Crippen LogP contribution < -0.4 is 16.9 Å². The summed E-state index contributed by atoms with van der Waals surface area (Å²) in [5.41, 5.74) is -0.0183. The van der Waals surface area contributed by atoms with Crippen LogP contribution in [0.1, 0.15) is 60.2 Å². The second-order valence-corrected chi connectivity index (χ2v) is 8.00. The molecule has 0 bridgehead atoms. The lowest BCUT2D eigenvalue weighted by Gasteiger charge is -2.21. The van der Waals surface area contributed by atoms with Crippen molar-refractivity contribution in [2.24, 2.45) is 0 Å². The van der Waals surface area contributed by atoms with E-state index < -0.39 is 0 Å². The largest absolute Gasteiger partial charge is 0.348 e. The van der Waals surface area contributed by atoms with Crippen molar-refractivity contribution in [1.29, 1.82) is 0 Å². The van der Waals surface area contributed by atoms with E-state index >= 15 is 0 Å². The molecule has 7 nitrogen and oxygen atoms in total. The minimum Gasteiger partial charge on any atom is -0.295 e. The van der Waals surface area contributed by atoms with Gasteiger partial charge in [0.2, 0.25) is 0 Å². The van der Waals surface area contributed by atoms with Crippen molar-refractivity contribution in [3.05, 3.63) is 61.0 Å². The second-order valence-electron chi connectivity index (χ2n) is 8.00. The van der Waals surface area contributed by atoms with Crippen molar-refractivity contribution < 1.29 is 0 Å². The van der Waals surface area contributed by atoms with Crippen LogP contribution in [0, 0.1) is 13.8 Å². The van der Waals surface area contributed by atoms with Gasteiger partial charge >= 0.3 is 11.4 Å². The van der Waals surface area contributed by atoms with Gasteiger partial charge in [-0.05, 0) is 61.5 Å². The molecule has 0 atom stereocenters. The van der Waals surface area contributed by atoms with Gasteiger partial charge in [-0.1, -0.05) is 7.43 Å². The maximum atomic E-state index is 11.3. The SMILES string of the molecule is C.Cc1ccn(C(C)(C)C)c(=O)n1.Cc1cn(C(C)(C)C)c(=O)[nH]c1=O. The average molecular weight is 364 g/mol. The van der Waals surface area contributed by atoms with E-state index in [2.05, 4.69) is 9.97 Å². The monoisotopic (exact) mass is 364 g/mol. The third kappa shape index (κ3) is 6.13. The second kappa shape index (κ2) is 8.29. The van der Waals surface area contributed by atoms with Gasteiger partial charge in [0, 0.05) is 34.7 Å². The number of H-pyrrole nitrogens is 1. The molecule has 0 spiro atoms. The summed E-state index contributed by atoms with van der Waals surface area (Å²) in [4.78, 5) is 39.8. The van der Waals surface area contributed by atoms with Crippen molar-refractivity contribution in [2.75, 3.05) is 0 Å². The summed E-state index contributed by atoms with van der Waals surface area (Å²) in [6.45, 7) is 15.2. The lowest BCUT2D eigenvalue weighted by atomic mass is 10.1. The van der Waals surface area contributed by atoms with Gasteiger partial charge in [-0.25, -0.2) is 9.59 Å². The molecule has 0 unspecified atom stereocenters. The number of aromatic nitrogens is 4. The normalized spacial score (nSPS) is 11.2. The van der Waals surface area contributed by atoms with Crippen molar-refractivity contribution in [2.45, 2.75) is 73.9 Å². The molecule has 2 heterocycles. The van der Waals surface area contributed by atoms with Gasteiger partial charge < -0.3 is 0 Å². The molecular weight excluding hydrogens is 332 g/mol. The van der Waals surface area contributed by atoms with Crippen LogP contribution in [0.25, 0.3) is 0 Å². The zero-order valence-electron chi connectivity index (χ0n) is 16.3. The Balaban J connectivity index is 0.000000464. The predicted octanol–water partition coefficient (Wildman–Crippen LogP) is 2.54. The number of rotatable bonds is 0. The fourth-order valence-corrected chi connectivity index (χ4v) is 2.06. The maximum Gasteiger partial charge on any atom is 0.348 e. The summed E-state index contributed by atoms with van der Waals surface area (Å²) >= 11 is 0. The van der Waals surface area contributed by atoms with Gasteiger partial charge in [0.05, 0.1) is 0 Å². The summed E-state index contributed by atoms with van der Waals surface area (Å²) in [6.07, 6.45) is 3.37. The Kier molecular flexibility index (Phi) is 7.51. The Morgan fingerprint density at radius 3 is 1.85 bits per heavy atom. The highest BCUT2D eigenvalue weighted by atomic mass is 16.2. The van der Waals surface area contributed by atoms with Gasteiger partial charge in [0.15, 0.2) is 0 Å². The van der Waals surface area contributed by atoms with E-state index in [9.17, 15) is 14.4 Å². The minimum atomic E-state index is -0.358. The molecule has 0 aromatic carbocycles. The number of aromatic amines is 1. The van der Waals surface area contributed by atoms with Crippen LogP contribution in [0.3, 0.4) is 0 Å². The highest BCUT2D eigenvalue weighted by Crippen LogP contribution is 2.09. The molecule has 26 heavy (non-hydrogen) atoms. The van der Waals surface area contributed by atoms with Crippen molar-refractivity contribution in [1.82, 2.24) is 19.1 Å². The topological polar surface area (TPSA) is 89.8 Å². The minimum absolute atomic E-state index is 0. The smallest absolute Gasteiger partial charge is 0.295 e. The van der Waals surface area contributed by atoms with Crippen LogP contribution in [-0.2, 0) is 11.1 Å². The Morgan fingerprint density at radius 2 is 1.42 bits per heavy atom. The van der Waals surface area contributed by atoms with Crippen LogP contribution in [0.4, 0.5) is 0 Å². The molecule has 0 aliphatic heterocycles. The first-order valence-electron chi connectivity index (χ1n) is 8.13. The molecule has 0 saturated carbocycles. The number of hydrogen-bond acceptors (Lipinski definition) is 4. The molecule has 0 saturated heterocycles. The number of nitrogens with one attached hydrogen (secondary N) is 1. The molecule has 7 heteroatoms. The van der Waals surface area contributed by atoms with E-state index in [0.717, 1.165) is 5.69 Å². The third-order valence-electron chi connectivity index (χ3n) is 3.51. The zero-order chi connectivity index (χ0) is 19.6. The summed E-state index contributed by atoms with van der Waals surface area (Å²) in [5, 5.41) is 0. The Morgan fingerprint density at radius 1 is 0.923 bits per heavy atom. The highest BCUT2D eigenvalue weighted by molar-refractivity contribution is 5.02. The zero-order valence-corrected chi connectivity index (χ0v) is 16.3. The number of hydrogen-bond donors (Lipinski definition) is 1. The van der Waals surface area contributed by atoms with Crippen LogP contribution >= 0.6 is 0 Å². The average Bonchev–Trinajstić information content (AvgIpc) is 2.40. The van der Waals surface area contributed by atoms with Gasteiger partial charge in [-0.15, -0.1) is 0 Å². The first-order chi connectivity index (χ1) is 11.2. The first-order valence-corrected chi connectivity index (χ1v) is 8.13. The standard InChI is InChI=1S/C9H14N2O2.C9H14N2O.CH4/c1-6-5-11(9(2,3)4)8(13)10-7(6)12;1-7-5-6-11(8(12)10-7)9(2,3)4;/h5H,1-4H3,(H,10,12,13);5-6H,1-4H3;1H4. The third-order valence-corrected chi connectivity index (χ3v) is 3.51. The predicted molar refractivity (Wildman–Crippen MR) is 106 cm³/mol. The molecule has 0 aliphatic rings. The highest BCUT2D eigenvalue weighted by Gasteiger charge is 2.15. The van der Waals surface area contributed by atoms with E-state index in [1.807, 2.05) is 54.5 Å². The quantitative estimate of drug-likeness (QED) is 0.778. The van der Waals surface area contributed by atoms with E-state index in [0.29, 0.717) is 5.56 Å². The fourth-order valence-electron chi connectivity index (χ4n) is 2.06. The van der Waals surface area contributed by atoms with Crippen molar-refractivity contribution in [3.63, 3.8) is 0 Å². The molecule has 0 radical (unpaired) electrons. The molecular formula is C19H32N4O3. The Bertz CT molecular complexity index is 906. The molecule has 2 rings (SSSR count). The van der Waals surface area contributed by atoms with Gasteiger partial charge in [-0.2, -0.15) is 4.98 Å². The Hall–Kier alpha value is -2.44. The van der Waals surface area contributed by atoms with E-state index in [1.54, 1.807) is 23.9 Å². The van der Waals surface area contributed by atoms with E-state index in [-0.39, 0.29) is 35.4 Å². The molecule has 146 valence electrons. The Labute approximate surface area is 154 Å². The lowest BCUT2D eigenvalue weighted by molar-refractivity contribution is 0.375. The number of aryl methyl sites for hydroxylation is 2. The lowest BCUT2D eigenvalue weighted by Crippen LogP contribution is -2.39. The van der Waals surface area contributed by atoms with Gasteiger partial charge in [0.25, 0.3) is 5.56 Å². The van der Waals surface area contributed by atoms with Crippen molar-refractivity contribution in [3.8, 4) is 0 Å². The molecule has 0 amide bonds. The summed E-state index contributed by atoms with van der Waals surface area (Å²) in [6, 6.07) is 1.84. The molecule has 2 aromatic rings. The molecule has 0 fully saturated rings. The molecule has 1 N–H and O–H groups in total. The fraction of sp³-hybridized carbons (Fsp3) is 0.579. The van der Waals surface area contributed by atoms with Crippen LogP contribution in [0.5, 0.6) is 0 Å². The number of nitrogens with zero attached hydrogens (tertiary/aromatic N) is 3. The maximum absolute atomic E-state index is 11.3. The molecule has 0 aliphatic carbocycles. The van der Waals surface area contributed by atoms with Crippen molar-refractivity contribution >= 4 is 0 Å². The van der Waals surface area contributed by atoms with E-state index in [1.165, 1.54) is 4.57 Å². The summed E-state index contributed by atoms with van der Waals surface area (Å²) < 4.78 is 3.14. The molecule has 2 aromatic heterocycles. The van der Waals surface area contributed by atoms with Crippen LogP contribution in [0.2, 0.25) is 0 Å². The van der Waals surface area contributed by atoms with Crippen LogP contribution in [0.15, 0.2) is 32.8 Å². The summed E-state index contributed by atoms with van der Waals surface area (Å²) in [5.74, 6) is 0. The van der Waals surface area contributed by atoms with Crippen LogP contribution in [-0.4, -0.2) is 19.1 Å².